The van der Waals surface area contributed by atoms with Crippen molar-refractivity contribution < 1.29 is 4.79 Å². The lowest BCUT2D eigenvalue weighted by Crippen LogP contribution is -2.51. The fourth-order valence-electron chi connectivity index (χ4n) is 3.30. The van der Waals surface area contributed by atoms with E-state index in [1.54, 1.807) is 11.3 Å². The number of hydrogen-bond acceptors (Lipinski definition) is 4. The van der Waals surface area contributed by atoms with Gasteiger partial charge in [-0.3, -0.25) is 4.79 Å². The molecule has 2 atom stereocenters. The highest BCUT2D eigenvalue weighted by Crippen LogP contribution is 2.27. The second-order valence-corrected chi connectivity index (χ2v) is 7.15. The van der Waals surface area contributed by atoms with E-state index in [0.29, 0.717) is 12.5 Å². The Balaban J connectivity index is 1.87. The number of aromatic nitrogens is 1. The number of rotatable bonds is 3. The molecule has 1 aromatic carbocycles. The highest BCUT2D eigenvalue weighted by Gasteiger charge is 2.31. The van der Waals surface area contributed by atoms with Gasteiger partial charge in [0.25, 0.3) is 5.91 Å². The van der Waals surface area contributed by atoms with Crippen molar-refractivity contribution in [3.05, 3.63) is 40.9 Å². The normalized spacial score (nSPS) is 21.4. The largest absolute Gasteiger partial charge is 0.334 e. The van der Waals surface area contributed by atoms with Crippen LogP contribution in [0.3, 0.4) is 0 Å². The van der Waals surface area contributed by atoms with Gasteiger partial charge in [-0.2, -0.15) is 0 Å². The lowest BCUT2D eigenvalue weighted by Gasteiger charge is -2.39. The molecule has 0 unspecified atom stereocenters. The average molecular weight is 329 g/mol. The van der Waals surface area contributed by atoms with Gasteiger partial charge in [0.2, 0.25) is 0 Å². The fourth-order valence-corrected chi connectivity index (χ4v) is 4.09. The molecule has 1 fully saturated rings. The van der Waals surface area contributed by atoms with Crippen molar-refractivity contribution in [2.24, 2.45) is 11.7 Å². The smallest absolute Gasteiger partial charge is 0.254 e. The zero-order valence-corrected chi connectivity index (χ0v) is 14.5. The van der Waals surface area contributed by atoms with E-state index in [2.05, 4.69) is 11.9 Å². The molecule has 2 N–H and O–H groups in total. The highest BCUT2D eigenvalue weighted by atomic mass is 32.1. The van der Waals surface area contributed by atoms with E-state index in [4.69, 9.17) is 5.73 Å². The molecule has 1 amide bonds. The van der Waals surface area contributed by atoms with Gasteiger partial charge >= 0.3 is 0 Å². The first-order valence-corrected chi connectivity index (χ1v) is 9.01. The molecule has 0 aliphatic carbocycles. The molecule has 0 saturated carbocycles. The summed E-state index contributed by atoms with van der Waals surface area (Å²) in [5, 5.41) is 2.99. The van der Waals surface area contributed by atoms with Gasteiger partial charge in [0, 0.05) is 41.3 Å². The number of amides is 1. The van der Waals surface area contributed by atoms with Crippen LogP contribution >= 0.6 is 11.3 Å². The van der Waals surface area contributed by atoms with Gasteiger partial charge in [0.1, 0.15) is 5.01 Å². The Morgan fingerprint density at radius 2 is 2.30 bits per heavy atom. The average Bonchev–Trinajstić information content (AvgIpc) is 3.00. The highest BCUT2D eigenvalue weighted by molar-refractivity contribution is 7.13. The van der Waals surface area contributed by atoms with E-state index in [9.17, 15) is 4.79 Å². The lowest BCUT2D eigenvalue weighted by molar-refractivity contribution is 0.0532. The quantitative estimate of drug-likeness (QED) is 0.940. The predicted molar refractivity (Wildman–Crippen MR) is 94.6 cm³/mol. The van der Waals surface area contributed by atoms with Crippen LogP contribution in [0, 0.1) is 12.8 Å². The van der Waals surface area contributed by atoms with Crippen molar-refractivity contribution in [1.82, 2.24) is 9.88 Å². The minimum absolute atomic E-state index is 0.0853. The Bertz CT molecular complexity index is 697. The summed E-state index contributed by atoms with van der Waals surface area (Å²) < 4.78 is 0. The molecular weight excluding hydrogens is 306 g/mol. The molecule has 2 aromatic rings. The third kappa shape index (κ3) is 3.31. The SMILES string of the molecule is Cc1csc(-c2cccc(C(=O)N3CCC[C@H](C)[C@@H]3CN)c2)n1. The molecule has 1 aromatic heterocycles. The molecule has 5 heteroatoms. The zero-order chi connectivity index (χ0) is 16.4. The van der Waals surface area contributed by atoms with Crippen LogP contribution in [0.2, 0.25) is 0 Å². The van der Waals surface area contributed by atoms with Gasteiger partial charge in [-0.15, -0.1) is 11.3 Å². The number of hydrogen-bond donors (Lipinski definition) is 1. The summed E-state index contributed by atoms with van der Waals surface area (Å²) in [5.74, 6) is 0.546. The molecule has 0 bridgehead atoms. The molecule has 4 nitrogen and oxygen atoms in total. The maximum absolute atomic E-state index is 13.0. The topological polar surface area (TPSA) is 59.2 Å². The summed E-state index contributed by atoms with van der Waals surface area (Å²) in [6.07, 6.45) is 2.19. The molecule has 0 spiro atoms. The number of carbonyl (C=O) groups is 1. The Hall–Kier alpha value is -1.72. The molecule has 23 heavy (non-hydrogen) atoms. The van der Waals surface area contributed by atoms with Gasteiger partial charge in [-0.1, -0.05) is 19.1 Å². The van der Waals surface area contributed by atoms with Gasteiger partial charge in [-0.25, -0.2) is 4.98 Å². The van der Waals surface area contributed by atoms with E-state index in [0.717, 1.165) is 41.2 Å². The Morgan fingerprint density at radius 1 is 1.48 bits per heavy atom. The summed E-state index contributed by atoms with van der Waals surface area (Å²) in [7, 11) is 0. The predicted octanol–water partition coefficient (Wildman–Crippen LogP) is 3.32. The molecular formula is C18H23N3OS. The zero-order valence-electron chi connectivity index (χ0n) is 13.7. The van der Waals surface area contributed by atoms with Crippen LogP contribution in [0.15, 0.2) is 29.6 Å². The Morgan fingerprint density at radius 3 is 3.00 bits per heavy atom. The van der Waals surface area contributed by atoms with Crippen molar-refractivity contribution in [2.75, 3.05) is 13.1 Å². The Labute approximate surface area is 141 Å². The molecule has 122 valence electrons. The van der Waals surface area contributed by atoms with E-state index in [-0.39, 0.29) is 11.9 Å². The van der Waals surface area contributed by atoms with Crippen LogP contribution in [0.5, 0.6) is 0 Å². The number of thiazole rings is 1. The summed E-state index contributed by atoms with van der Waals surface area (Å²) in [5.41, 5.74) is 8.66. The van der Waals surface area contributed by atoms with Gasteiger partial charge in [0.15, 0.2) is 0 Å². The van der Waals surface area contributed by atoms with Crippen LogP contribution in [-0.2, 0) is 0 Å². The number of piperidine rings is 1. The second-order valence-electron chi connectivity index (χ2n) is 6.30. The maximum atomic E-state index is 13.0. The molecule has 2 heterocycles. The minimum Gasteiger partial charge on any atom is -0.334 e. The minimum atomic E-state index is 0.0853. The fraction of sp³-hybridized carbons (Fsp3) is 0.444. The molecule has 3 rings (SSSR count). The third-order valence-electron chi connectivity index (χ3n) is 4.59. The van der Waals surface area contributed by atoms with Crippen molar-refractivity contribution in [3.8, 4) is 10.6 Å². The first-order chi connectivity index (χ1) is 11.1. The van der Waals surface area contributed by atoms with E-state index < -0.39 is 0 Å². The molecule has 0 radical (unpaired) electrons. The standard InChI is InChI=1S/C18H23N3OS/c1-12-5-4-8-21(16(12)10-19)18(22)15-7-3-6-14(9-15)17-20-13(2)11-23-17/h3,6-7,9,11-12,16H,4-5,8,10,19H2,1-2H3/t12-,16-/m0/s1. The molecule has 1 saturated heterocycles. The van der Waals surface area contributed by atoms with Crippen LogP contribution in [0.4, 0.5) is 0 Å². The Kier molecular flexibility index (Phi) is 4.78. The first-order valence-electron chi connectivity index (χ1n) is 8.13. The number of likely N-dealkylation sites (tertiary alicyclic amines) is 1. The first kappa shape index (κ1) is 16.1. The maximum Gasteiger partial charge on any atom is 0.254 e. The molecule has 1 aliphatic heterocycles. The number of benzene rings is 1. The number of nitrogens with zero attached hydrogens (tertiary/aromatic N) is 2. The van der Waals surface area contributed by atoms with Crippen LogP contribution in [0.1, 0.15) is 35.8 Å². The summed E-state index contributed by atoms with van der Waals surface area (Å²) >= 11 is 1.61. The number of nitrogens with two attached hydrogens (primary N) is 1. The lowest BCUT2D eigenvalue weighted by atomic mass is 9.90. The van der Waals surface area contributed by atoms with Crippen LogP contribution < -0.4 is 5.73 Å². The van der Waals surface area contributed by atoms with Crippen molar-refractivity contribution >= 4 is 17.2 Å². The van der Waals surface area contributed by atoms with Crippen LogP contribution in [0.25, 0.3) is 10.6 Å². The second kappa shape index (κ2) is 6.81. The van der Waals surface area contributed by atoms with Gasteiger partial charge < -0.3 is 10.6 Å². The van der Waals surface area contributed by atoms with E-state index in [1.807, 2.05) is 41.5 Å². The number of aryl methyl sites for hydroxylation is 1. The van der Waals surface area contributed by atoms with Crippen molar-refractivity contribution in [3.63, 3.8) is 0 Å². The van der Waals surface area contributed by atoms with E-state index >= 15 is 0 Å². The van der Waals surface area contributed by atoms with Gasteiger partial charge in [0.05, 0.1) is 0 Å². The van der Waals surface area contributed by atoms with Crippen molar-refractivity contribution in [1.29, 1.82) is 0 Å². The third-order valence-corrected chi connectivity index (χ3v) is 5.60. The van der Waals surface area contributed by atoms with Crippen LogP contribution in [-0.4, -0.2) is 34.9 Å². The monoisotopic (exact) mass is 329 g/mol. The van der Waals surface area contributed by atoms with E-state index in [1.165, 1.54) is 0 Å². The number of carbonyl (C=O) groups excluding carboxylic acids is 1. The summed E-state index contributed by atoms with van der Waals surface area (Å²) in [6, 6.07) is 7.92. The summed E-state index contributed by atoms with van der Waals surface area (Å²) in [4.78, 5) is 19.4. The van der Waals surface area contributed by atoms with Gasteiger partial charge in [-0.05, 0) is 37.8 Å². The summed E-state index contributed by atoms with van der Waals surface area (Å²) in [6.45, 7) is 5.49. The van der Waals surface area contributed by atoms with Crippen molar-refractivity contribution in [2.45, 2.75) is 32.7 Å². The molecule has 1 aliphatic rings.